The summed E-state index contributed by atoms with van der Waals surface area (Å²) in [4.78, 5) is 43.8. The highest BCUT2D eigenvalue weighted by atomic mass is 16.6. The molecule has 9 heteroatoms. The SMILES string of the molecule is COC(=O)C1CN(C(=O)OCc2ccccc2)CCN1C(=O)C1CCN(c2ccccc2C#N)CC1. The lowest BCUT2D eigenvalue weighted by molar-refractivity contribution is -0.157. The highest BCUT2D eigenvalue weighted by Crippen LogP contribution is 2.28. The van der Waals surface area contributed by atoms with Crippen molar-refractivity contribution in [2.45, 2.75) is 25.5 Å². The molecule has 0 aliphatic carbocycles. The summed E-state index contributed by atoms with van der Waals surface area (Å²) < 4.78 is 10.4. The largest absolute Gasteiger partial charge is 0.467 e. The number of nitrogens with zero attached hydrogens (tertiary/aromatic N) is 4. The highest BCUT2D eigenvalue weighted by Gasteiger charge is 2.41. The molecule has 9 nitrogen and oxygen atoms in total. The summed E-state index contributed by atoms with van der Waals surface area (Å²) in [7, 11) is 1.28. The van der Waals surface area contributed by atoms with E-state index in [1.54, 1.807) is 11.0 Å². The van der Waals surface area contributed by atoms with Crippen LogP contribution in [0.15, 0.2) is 54.6 Å². The quantitative estimate of drug-likeness (QED) is 0.594. The number of piperidine rings is 1. The highest BCUT2D eigenvalue weighted by molar-refractivity contribution is 5.87. The van der Waals surface area contributed by atoms with E-state index in [0.29, 0.717) is 31.5 Å². The van der Waals surface area contributed by atoms with Gasteiger partial charge in [-0.15, -0.1) is 0 Å². The van der Waals surface area contributed by atoms with Gasteiger partial charge in [0.05, 0.1) is 24.9 Å². The number of benzene rings is 2. The van der Waals surface area contributed by atoms with Crippen LogP contribution < -0.4 is 4.90 Å². The van der Waals surface area contributed by atoms with Crippen molar-refractivity contribution in [1.29, 1.82) is 5.26 Å². The number of amides is 2. The van der Waals surface area contributed by atoms with Crippen molar-refractivity contribution in [3.63, 3.8) is 0 Å². The summed E-state index contributed by atoms with van der Waals surface area (Å²) in [6.07, 6.45) is 0.710. The van der Waals surface area contributed by atoms with E-state index in [1.165, 1.54) is 12.0 Å². The Morgan fingerprint density at radius 1 is 0.972 bits per heavy atom. The molecule has 0 saturated carbocycles. The van der Waals surface area contributed by atoms with Gasteiger partial charge in [-0.25, -0.2) is 9.59 Å². The molecule has 2 heterocycles. The summed E-state index contributed by atoms with van der Waals surface area (Å²) in [5, 5.41) is 9.40. The fraction of sp³-hybridized carbons (Fsp3) is 0.407. The fourth-order valence-electron chi connectivity index (χ4n) is 4.81. The van der Waals surface area contributed by atoms with Crippen molar-refractivity contribution in [3.05, 3.63) is 65.7 Å². The first kappa shape index (κ1) is 25.0. The van der Waals surface area contributed by atoms with Gasteiger partial charge in [-0.2, -0.15) is 5.26 Å². The van der Waals surface area contributed by atoms with Crippen LogP contribution in [0.25, 0.3) is 0 Å². The number of hydrogen-bond donors (Lipinski definition) is 0. The first-order valence-corrected chi connectivity index (χ1v) is 12.1. The van der Waals surface area contributed by atoms with Gasteiger partial charge in [0, 0.05) is 32.1 Å². The molecule has 2 saturated heterocycles. The number of methoxy groups -OCH3 is 1. The maximum atomic E-state index is 13.5. The molecule has 2 aromatic carbocycles. The molecule has 0 bridgehead atoms. The van der Waals surface area contributed by atoms with Crippen molar-refractivity contribution in [1.82, 2.24) is 9.80 Å². The van der Waals surface area contributed by atoms with Crippen LogP contribution in [0.4, 0.5) is 10.5 Å². The summed E-state index contributed by atoms with van der Waals surface area (Å²) >= 11 is 0. The predicted octanol–water partition coefficient (Wildman–Crippen LogP) is 2.80. The van der Waals surface area contributed by atoms with Gasteiger partial charge in [-0.1, -0.05) is 42.5 Å². The van der Waals surface area contributed by atoms with E-state index in [2.05, 4.69) is 11.0 Å². The Morgan fingerprint density at radius 2 is 1.67 bits per heavy atom. The number of rotatable bonds is 5. The molecule has 0 spiro atoms. The Hall–Kier alpha value is -4.06. The maximum Gasteiger partial charge on any atom is 0.410 e. The van der Waals surface area contributed by atoms with Crippen LogP contribution in [0.5, 0.6) is 0 Å². The Kier molecular flexibility index (Phi) is 8.06. The Labute approximate surface area is 210 Å². The molecule has 2 fully saturated rings. The van der Waals surface area contributed by atoms with Crippen molar-refractivity contribution in [3.8, 4) is 6.07 Å². The van der Waals surface area contributed by atoms with Gasteiger partial charge < -0.3 is 24.2 Å². The molecule has 0 radical (unpaired) electrons. The third-order valence-electron chi connectivity index (χ3n) is 6.81. The first-order chi connectivity index (χ1) is 17.5. The smallest absolute Gasteiger partial charge is 0.410 e. The van der Waals surface area contributed by atoms with Crippen LogP contribution in [0, 0.1) is 17.2 Å². The zero-order chi connectivity index (χ0) is 25.5. The van der Waals surface area contributed by atoms with E-state index in [9.17, 15) is 19.6 Å². The number of nitriles is 1. The Bertz CT molecular complexity index is 1120. The Balaban J connectivity index is 1.36. The normalized spacial score (nSPS) is 18.3. The van der Waals surface area contributed by atoms with Gasteiger partial charge in [0.15, 0.2) is 0 Å². The lowest BCUT2D eigenvalue weighted by atomic mass is 9.93. The number of anilines is 1. The van der Waals surface area contributed by atoms with E-state index in [4.69, 9.17) is 9.47 Å². The molecular weight excluding hydrogens is 460 g/mol. The van der Waals surface area contributed by atoms with Gasteiger partial charge in [-0.3, -0.25) is 4.79 Å². The monoisotopic (exact) mass is 490 g/mol. The second kappa shape index (κ2) is 11.6. The molecule has 1 unspecified atom stereocenters. The zero-order valence-corrected chi connectivity index (χ0v) is 20.3. The number of carbonyl (C=O) groups is 3. The summed E-state index contributed by atoms with van der Waals surface area (Å²) in [6, 6.07) is 18.2. The molecule has 4 rings (SSSR count). The lowest BCUT2D eigenvalue weighted by Crippen LogP contribution is -2.61. The molecule has 0 N–H and O–H groups in total. The average molecular weight is 491 g/mol. The van der Waals surface area contributed by atoms with Crippen molar-refractivity contribution >= 4 is 23.7 Å². The number of para-hydroxylation sites is 1. The van der Waals surface area contributed by atoms with Crippen LogP contribution in [-0.4, -0.2) is 73.6 Å². The molecule has 2 aliphatic heterocycles. The molecule has 1 atom stereocenters. The molecule has 2 amide bonds. The molecule has 2 aromatic rings. The minimum absolute atomic E-state index is 0.0282. The topological polar surface area (TPSA) is 103 Å². The number of piperazine rings is 1. The van der Waals surface area contributed by atoms with Gasteiger partial charge in [0.1, 0.15) is 18.7 Å². The van der Waals surface area contributed by atoms with Crippen LogP contribution in [-0.2, 0) is 25.7 Å². The van der Waals surface area contributed by atoms with Gasteiger partial charge in [0.2, 0.25) is 5.91 Å². The third-order valence-corrected chi connectivity index (χ3v) is 6.81. The summed E-state index contributed by atoms with van der Waals surface area (Å²) in [5.41, 5.74) is 2.36. The number of esters is 1. The Morgan fingerprint density at radius 3 is 2.36 bits per heavy atom. The number of hydrogen-bond acceptors (Lipinski definition) is 7. The molecular formula is C27H30N4O5. The van der Waals surface area contributed by atoms with Crippen LogP contribution in [0.1, 0.15) is 24.0 Å². The standard InChI is InChI=1S/C27H30N4O5/c1-35-26(33)24-18-30(27(34)36-19-20-7-3-2-4-8-20)15-16-31(24)25(32)21-11-13-29(14-12-21)23-10-6-5-9-22(23)17-28/h2-10,21,24H,11-16,18-19H2,1H3. The van der Waals surface area contributed by atoms with E-state index >= 15 is 0 Å². The zero-order valence-electron chi connectivity index (χ0n) is 20.3. The van der Waals surface area contributed by atoms with E-state index in [-0.39, 0.29) is 38.1 Å². The maximum absolute atomic E-state index is 13.5. The van der Waals surface area contributed by atoms with E-state index in [0.717, 1.165) is 11.3 Å². The van der Waals surface area contributed by atoms with Crippen LogP contribution in [0.2, 0.25) is 0 Å². The van der Waals surface area contributed by atoms with Crippen molar-refractivity contribution < 1.29 is 23.9 Å². The fourth-order valence-corrected chi connectivity index (χ4v) is 4.81. The third kappa shape index (κ3) is 5.60. The predicted molar refractivity (Wildman–Crippen MR) is 132 cm³/mol. The van der Waals surface area contributed by atoms with Crippen LogP contribution in [0.3, 0.4) is 0 Å². The van der Waals surface area contributed by atoms with Gasteiger partial charge >= 0.3 is 12.1 Å². The number of carbonyl (C=O) groups excluding carboxylic acids is 3. The second-order valence-electron chi connectivity index (χ2n) is 8.95. The first-order valence-electron chi connectivity index (χ1n) is 12.1. The van der Waals surface area contributed by atoms with Crippen molar-refractivity contribution in [2.24, 2.45) is 5.92 Å². The van der Waals surface area contributed by atoms with Gasteiger partial charge in [0.25, 0.3) is 0 Å². The average Bonchev–Trinajstić information content (AvgIpc) is 2.95. The minimum Gasteiger partial charge on any atom is -0.467 e. The van der Waals surface area contributed by atoms with E-state index < -0.39 is 18.1 Å². The van der Waals surface area contributed by atoms with Gasteiger partial charge in [-0.05, 0) is 30.5 Å². The molecule has 0 aromatic heterocycles. The second-order valence-corrected chi connectivity index (χ2v) is 8.95. The number of ether oxygens (including phenoxy) is 2. The molecule has 188 valence electrons. The summed E-state index contributed by atoms with van der Waals surface area (Å²) in [6.45, 7) is 1.96. The lowest BCUT2D eigenvalue weighted by Gasteiger charge is -2.42. The van der Waals surface area contributed by atoms with E-state index in [1.807, 2.05) is 48.5 Å². The molecule has 2 aliphatic rings. The minimum atomic E-state index is -0.877. The van der Waals surface area contributed by atoms with Crippen LogP contribution >= 0.6 is 0 Å². The summed E-state index contributed by atoms with van der Waals surface area (Å²) in [5.74, 6) is -0.889. The molecule has 36 heavy (non-hydrogen) atoms. The van der Waals surface area contributed by atoms with Crippen molar-refractivity contribution in [2.75, 3.05) is 44.7 Å².